The molecule has 1 heterocycles. The van der Waals surface area contributed by atoms with Crippen LogP contribution in [0.2, 0.25) is 15.1 Å². The molecule has 0 radical (unpaired) electrons. The van der Waals surface area contributed by atoms with E-state index in [1.807, 2.05) is 0 Å². The van der Waals surface area contributed by atoms with Gasteiger partial charge in [0.2, 0.25) is 5.91 Å². The van der Waals surface area contributed by atoms with Gasteiger partial charge in [-0.1, -0.05) is 41.7 Å². The van der Waals surface area contributed by atoms with Crippen molar-refractivity contribution >= 4 is 58.8 Å². The molecule has 1 unspecified atom stereocenters. The summed E-state index contributed by atoms with van der Waals surface area (Å²) in [6.45, 7) is 5.26. The maximum absolute atomic E-state index is 12.3. The highest BCUT2D eigenvalue weighted by molar-refractivity contribution is 6.42. The Balaban J connectivity index is 0.00000264. The van der Waals surface area contributed by atoms with Crippen molar-refractivity contribution in [3.8, 4) is 0 Å². The minimum atomic E-state index is -0.119. The molecule has 23 heavy (non-hydrogen) atoms. The molecule has 1 atom stereocenters. The first kappa shape index (κ1) is 20.8. The molecule has 0 spiro atoms. The van der Waals surface area contributed by atoms with Crippen molar-refractivity contribution in [1.29, 1.82) is 0 Å². The fourth-order valence-corrected chi connectivity index (χ4v) is 3.57. The van der Waals surface area contributed by atoms with Crippen LogP contribution in [-0.4, -0.2) is 43.0 Å². The number of nitrogens with zero attached hydrogens (tertiary/aromatic N) is 1. The summed E-state index contributed by atoms with van der Waals surface area (Å²) in [4.78, 5) is 14.5. The summed E-state index contributed by atoms with van der Waals surface area (Å²) >= 11 is 18.1. The first-order chi connectivity index (χ1) is 10.5. The van der Waals surface area contributed by atoms with Gasteiger partial charge in [-0.25, -0.2) is 0 Å². The van der Waals surface area contributed by atoms with Gasteiger partial charge in [0.05, 0.1) is 22.3 Å². The zero-order valence-corrected chi connectivity index (χ0v) is 16.0. The topological polar surface area (TPSA) is 44.4 Å². The summed E-state index contributed by atoms with van der Waals surface area (Å²) in [7, 11) is 0. The number of hydrogen-bond donors (Lipinski definition) is 2. The fraction of sp³-hybridized carbons (Fsp3) is 0.533. The lowest BCUT2D eigenvalue weighted by Crippen LogP contribution is -2.42. The SMILES string of the molecule is CCCN(CC(=O)Nc1c(Cl)cc(Cl)cc1Cl)C1CCNC1.Cl. The van der Waals surface area contributed by atoms with Crippen molar-refractivity contribution in [2.45, 2.75) is 25.8 Å². The van der Waals surface area contributed by atoms with Gasteiger partial charge in [0.15, 0.2) is 0 Å². The lowest BCUT2D eigenvalue weighted by atomic mass is 10.2. The third kappa shape index (κ3) is 5.96. The Bertz CT molecular complexity index is 512. The Kier molecular flexibility index (Phi) is 8.98. The van der Waals surface area contributed by atoms with Crippen LogP contribution >= 0.6 is 47.2 Å². The minimum absolute atomic E-state index is 0. The largest absolute Gasteiger partial charge is 0.322 e. The van der Waals surface area contributed by atoms with E-state index in [2.05, 4.69) is 22.5 Å². The van der Waals surface area contributed by atoms with E-state index in [0.29, 0.717) is 33.3 Å². The summed E-state index contributed by atoms with van der Waals surface area (Å²) < 4.78 is 0. The number of halogens is 4. The predicted molar refractivity (Wildman–Crippen MR) is 100 cm³/mol. The van der Waals surface area contributed by atoms with Crippen LogP contribution in [0.5, 0.6) is 0 Å². The molecular formula is C15H21Cl4N3O. The van der Waals surface area contributed by atoms with Gasteiger partial charge in [-0.05, 0) is 38.1 Å². The molecule has 1 amide bonds. The highest BCUT2D eigenvalue weighted by Crippen LogP contribution is 2.33. The second kappa shape index (κ2) is 9.92. The Hall–Kier alpha value is -0.230. The summed E-state index contributed by atoms with van der Waals surface area (Å²) in [5.74, 6) is -0.119. The molecule has 8 heteroatoms. The quantitative estimate of drug-likeness (QED) is 0.755. The highest BCUT2D eigenvalue weighted by Gasteiger charge is 2.24. The van der Waals surface area contributed by atoms with Crippen LogP contribution in [0.25, 0.3) is 0 Å². The van der Waals surface area contributed by atoms with Crippen LogP contribution in [0.3, 0.4) is 0 Å². The maximum atomic E-state index is 12.3. The van der Waals surface area contributed by atoms with Gasteiger partial charge in [-0.2, -0.15) is 0 Å². The molecule has 130 valence electrons. The van der Waals surface area contributed by atoms with E-state index in [0.717, 1.165) is 32.5 Å². The second-order valence-corrected chi connectivity index (χ2v) is 6.66. The minimum Gasteiger partial charge on any atom is -0.322 e. The fourth-order valence-electron chi connectivity index (χ4n) is 2.65. The van der Waals surface area contributed by atoms with Crippen LogP contribution in [-0.2, 0) is 4.79 Å². The number of rotatable bonds is 6. The normalized spacial score (nSPS) is 17.2. The van der Waals surface area contributed by atoms with Crippen molar-refractivity contribution in [1.82, 2.24) is 10.2 Å². The zero-order chi connectivity index (χ0) is 16.1. The number of benzene rings is 1. The standard InChI is InChI=1S/C15H20Cl3N3O.ClH/c1-2-5-21(11-3-4-19-8-11)9-14(22)20-15-12(17)6-10(16)7-13(15)18;/h6-7,11,19H,2-5,8-9H2,1H3,(H,20,22);1H. The zero-order valence-electron chi connectivity index (χ0n) is 12.9. The number of anilines is 1. The Morgan fingerprint density at radius 3 is 2.52 bits per heavy atom. The third-order valence-corrected chi connectivity index (χ3v) is 4.49. The van der Waals surface area contributed by atoms with E-state index >= 15 is 0 Å². The van der Waals surface area contributed by atoms with Crippen molar-refractivity contribution in [3.05, 3.63) is 27.2 Å². The van der Waals surface area contributed by atoms with E-state index < -0.39 is 0 Å². The molecule has 4 nitrogen and oxygen atoms in total. The van der Waals surface area contributed by atoms with Crippen molar-refractivity contribution in [2.75, 3.05) is 31.5 Å². The van der Waals surface area contributed by atoms with Gasteiger partial charge in [0.25, 0.3) is 0 Å². The average Bonchev–Trinajstić information content (AvgIpc) is 2.96. The van der Waals surface area contributed by atoms with E-state index in [1.54, 1.807) is 12.1 Å². The molecule has 0 saturated carbocycles. The van der Waals surface area contributed by atoms with Gasteiger partial charge in [-0.15, -0.1) is 12.4 Å². The van der Waals surface area contributed by atoms with E-state index in [4.69, 9.17) is 34.8 Å². The van der Waals surface area contributed by atoms with Crippen LogP contribution < -0.4 is 10.6 Å². The molecule has 2 N–H and O–H groups in total. The lowest BCUT2D eigenvalue weighted by molar-refractivity contribution is -0.117. The molecular weight excluding hydrogens is 380 g/mol. The molecule has 1 aromatic rings. The first-order valence-electron chi connectivity index (χ1n) is 7.40. The third-order valence-electron chi connectivity index (χ3n) is 3.68. The lowest BCUT2D eigenvalue weighted by Gasteiger charge is -2.27. The predicted octanol–water partition coefficient (Wildman–Crippen LogP) is 4.08. The Morgan fingerprint density at radius 2 is 2.00 bits per heavy atom. The molecule has 1 fully saturated rings. The number of amides is 1. The maximum Gasteiger partial charge on any atom is 0.238 e. The van der Waals surface area contributed by atoms with Crippen molar-refractivity contribution in [3.63, 3.8) is 0 Å². The van der Waals surface area contributed by atoms with E-state index in [1.165, 1.54) is 0 Å². The van der Waals surface area contributed by atoms with E-state index in [9.17, 15) is 4.79 Å². The summed E-state index contributed by atoms with van der Waals surface area (Å²) in [6, 6.07) is 3.53. The Morgan fingerprint density at radius 1 is 1.35 bits per heavy atom. The summed E-state index contributed by atoms with van der Waals surface area (Å²) in [5, 5.41) is 7.25. The summed E-state index contributed by atoms with van der Waals surface area (Å²) in [6.07, 6.45) is 2.07. The average molecular weight is 401 g/mol. The van der Waals surface area contributed by atoms with Crippen LogP contribution in [0.1, 0.15) is 19.8 Å². The highest BCUT2D eigenvalue weighted by atomic mass is 35.5. The van der Waals surface area contributed by atoms with Gasteiger partial charge in [-0.3, -0.25) is 9.69 Å². The molecule has 1 saturated heterocycles. The molecule has 1 aromatic carbocycles. The summed E-state index contributed by atoms with van der Waals surface area (Å²) in [5.41, 5.74) is 0.415. The molecule has 0 aliphatic carbocycles. The van der Waals surface area contributed by atoms with Crippen LogP contribution in [0.15, 0.2) is 12.1 Å². The molecule has 0 aromatic heterocycles. The van der Waals surface area contributed by atoms with E-state index in [-0.39, 0.29) is 18.3 Å². The first-order valence-corrected chi connectivity index (χ1v) is 8.53. The monoisotopic (exact) mass is 399 g/mol. The van der Waals surface area contributed by atoms with Crippen LogP contribution in [0, 0.1) is 0 Å². The molecule has 2 rings (SSSR count). The molecule has 0 bridgehead atoms. The number of carbonyl (C=O) groups is 1. The van der Waals surface area contributed by atoms with Gasteiger partial charge in [0.1, 0.15) is 0 Å². The van der Waals surface area contributed by atoms with Crippen molar-refractivity contribution < 1.29 is 4.79 Å². The van der Waals surface area contributed by atoms with Crippen LogP contribution in [0.4, 0.5) is 5.69 Å². The number of hydrogen-bond acceptors (Lipinski definition) is 3. The smallest absolute Gasteiger partial charge is 0.238 e. The number of carbonyl (C=O) groups excluding carboxylic acids is 1. The van der Waals surface area contributed by atoms with Crippen molar-refractivity contribution in [2.24, 2.45) is 0 Å². The number of nitrogens with one attached hydrogen (secondary N) is 2. The molecule has 1 aliphatic heterocycles. The molecule has 1 aliphatic rings. The van der Waals surface area contributed by atoms with Gasteiger partial charge >= 0.3 is 0 Å². The second-order valence-electron chi connectivity index (χ2n) is 5.41. The van der Waals surface area contributed by atoms with Gasteiger partial charge < -0.3 is 10.6 Å². The van der Waals surface area contributed by atoms with Gasteiger partial charge in [0, 0.05) is 17.6 Å². The Labute approximate surface area is 158 Å².